The molecule has 0 heterocycles. The molecule has 2 nitrogen and oxygen atoms in total. The topological polar surface area (TPSA) is 43.1 Å². The van der Waals surface area contributed by atoms with E-state index in [0.29, 0.717) is 6.07 Å². The largest absolute Gasteiger partial charge is 0.393 e. The Balaban J connectivity index is 2.96. The van der Waals surface area contributed by atoms with Crippen molar-refractivity contribution in [2.45, 2.75) is 6.42 Å². The molecule has 0 fully saturated rings. The summed E-state index contributed by atoms with van der Waals surface area (Å²) in [6, 6.07) is 2.73. The highest BCUT2D eigenvalue weighted by Gasteiger charge is 2.12. The van der Waals surface area contributed by atoms with Gasteiger partial charge < -0.3 is 5.73 Å². The highest BCUT2D eigenvalue weighted by Crippen LogP contribution is 2.11. The summed E-state index contributed by atoms with van der Waals surface area (Å²) in [6.45, 7) is 0. The first-order valence-electron chi connectivity index (χ1n) is 3.77. The van der Waals surface area contributed by atoms with E-state index in [0.717, 1.165) is 12.1 Å². The van der Waals surface area contributed by atoms with Crippen LogP contribution < -0.4 is 5.73 Å². The van der Waals surface area contributed by atoms with Gasteiger partial charge in [0.15, 0.2) is 5.78 Å². The summed E-state index contributed by atoms with van der Waals surface area (Å²) in [4.78, 5) is 11.2. The minimum Gasteiger partial charge on any atom is -0.393 e. The molecule has 0 saturated carbocycles. The van der Waals surface area contributed by atoms with Crippen LogP contribution in [0, 0.1) is 11.6 Å². The first kappa shape index (κ1) is 10.7. The van der Waals surface area contributed by atoms with Crippen LogP contribution in [0.15, 0.2) is 18.2 Å². The van der Waals surface area contributed by atoms with Crippen molar-refractivity contribution in [3.63, 3.8) is 0 Å². The van der Waals surface area contributed by atoms with Gasteiger partial charge in [-0.1, -0.05) is 12.2 Å². The van der Waals surface area contributed by atoms with E-state index >= 15 is 0 Å². The third-order valence-corrected chi connectivity index (χ3v) is 1.71. The molecule has 0 atom stereocenters. The Morgan fingerprint density at radius 1 is 1.43 bits per heavy atom. The second-order valence-corrected chi connectivity index (χ2v) is 3.21. The highest BCUT2D eigenvalue weighted by molar-refractivity contribution is 7.80. The molecule has 1 aromatic rings. The predicted molar refractivity (Wildman–Crippen MR) is 52.1 cm³/mol. The lowest BCUT2D eigenvalue weighted by Gasteiger charge is -2.01. The van der Waals surface area contributed by atoms with Crippen LogP contribution in [0.2, 0.25) is 0 Å². The van der Waals surface area contributed by atoms with Gasteiger partial charge in [0.05, 0.1) is 17.0 Å². The van der Waals surface area contributed by atoms with Gasteiger partial charge in [-0.15, -0.1) is 0 Å². The van der Waals surface area contributed by atoms with Gasteiger partial charge in [0.1, 0.15) is 11.6 Å². The number of carbonyl (C=O) groups is 1. The lowest BCUT2D eigenvalue weighted by Crippen LogP contribution is -2.15. The fourth-order valence-corrected chi connectivity index (χ4v) is 1.10. The number of ketones is 1. The lowest BCUT2D eigenvalue weighted by molar-refractivity contribution is 0.0997. The standard InChI is InChI=1S/C9H7F2NOS/c10-5-1-2-6(7(11)3-5)8(13)4-9(12)14/h1-3H,4H2,(H2,12,14). The van der Waals surface area contributed by atoms with E-state index < -0.39 is 17.4 Å². The maximum absolute atomic E-state index is 13.0. The van der Waals surface area contributed by atoms with Crippen LogP contribution in [-0.4, -0.2) is 10.8 Å². The third-order valence-electron chi connectivity index (χ3n) is 1.57. The molecule has 0 spiro atoms. The molecule has 0 amide bonds. The van der Waals surface area contributed by atoms with E-state index in [2.05, 4.69) is 12.2 Å². The molecule has 0 aromatic heterocycles. The van der Waals surface area contributed by atoms with Gasteiger partial charge in [0, 0.05) is 6.07 Å². The SMILES string of the molecule is NC(=S)CC(=O)c1ccc(F)cc1F. The van der Waals surface area contributed by atoms with E-state index in [-0.39, 0.29) is 17.0 Å². The molecule has 0 aliphatic heterocycles. The Bertz CT molecular complexity index is 392. The molecule has 74 valence electrons. The first-order chi connectivity index (χ1) is 6.50. The van der Waals surface area contributed by atoms with Crippen molar-refractivity contribution in [1.82, 2.24) is 0 Å². The number of rotatable bonds is 3. The van der Waals surface area contributed by atoms with Crippen LogP contribution in [0.5, 0.6) is 0 Å². The quantitative estimate of drug-likeness (QED) is 0.617. The van der Waals surface area contributed by atoms with E-state index in [1.165, 1.54) is 0 Å². The van der Waals surface area contributed by atoms with Gasteiger partial charge in [0.2, 0.25) is 0 Å². The molecule has 0 unspecified atom stereocenters. The average molecular weight is 215 g/mol. The van der Waals surface area contributed by atoms with Gasteiger partial charge in [-0.25, -0.2) is 8.78 Å². The summed E-state index contributed by atoms with van der Waals surface area (Å²) < 4.78 is 25.5. The second kappa shape index (κ2) is 4.23. The number of halogens is 2. The maximum atomic E-state index is 13.0. The van der Waals surface area contributed by atoms with Gasteiger partial charge in [-0.2, -0.15) is 0 Å². The second-order valence-electron chi connectivity index (χ2n) is 2.69. The molecule has 1 aromatic carbocycles. The summed E-state index contributed by atoms with van der Waals surface area (Å²) in [5.41, 5.74) is 4.93. The number of Topliss-reactive ketones (excluding diaryl/α,β-unsaturated/α-hetero) is 1. The number of thiocarbonyl (C=S) groups is 1. The normalized spacial score (nSPS) is 9.86. The summed E-state index contributed by atoms with van der Waals surface area (Å²) >= 11 is 4.50. The van der Waals surface area contributed by atoms with Crippen LogP contribution >= 0.6 is 12.2 Å². The zero-order valence-corrected chi connectivity index (χ0v) is 7.91. The first-order valence-corrected chi connectivity index (χ1v) is 4.18. The number of benzene rings is 1. The van der Waals surface area contributed by atoms with Gasteiger partial charge in [-0.3, -0.25) is 4.79 Å². The predicted octanol–water partition coefficient (Wildman–Crippen LogP) is 1.82. The number of hydrogen-bond donors (Lipinski definition) is 1. The fourth-order valence-electron chi connectivity index (χ4n) is 0.969. The maximum Gasteiger partial charge on any atom is 0.172 e. The molecule has 14 heavy (non-hydrogen) atoms. The highest BCUT2D eigenvalue weighted by atomic mass is 32.1. The Morgan fingerprint density at radius 2 is 2.07 bits per heavy atom. The smallest absolute Gasteiger partial charge is 0.172 e. The molecule has 0 aliphatic rings. The zero-order valence-electron chi connectivity index (χ0n) is 7.09. The molecular weight excluding hydrogens is 208 g/mol. The molecule has 2 N–H and O–H groups in total. The van der Waals surface area contributed by atoms with Crippen molar-refractivity contribution in [3.05, 3.63) is 35.4 Å². The van der Waals surface area contributed by atoms with Crippen molar-refractivity contribution < 1.29 is 13.6 Å². The summed E-state index contributed by atoms with van der Waals surface area (Å²) in [6.07, 6.45) is -0.210. The van der Waals surface area contributed by atoms with Crippen molar-refractivity contribution in [1.29, 1.82) is 0 Å². The molecule has 0 bridgehead atoms. The average Bonchev–Trinajstić information content (AvgIpc) is 2.01. The van der Waals surface area contributed by atoms with Gasteiger partial charge in [-0.05, 0) is 12.1 Å². The van der Waals surface area contributed by atoms with Crippen LogP contribution in [0.25, 0.3) is 0 Å². The number of carbonyl (C=O) groups excluding carboxylic acids is 1. The Labute approximate surface area is 84.7 Å². The minimum absolute atomic E-state index is 0.0151. The van der Waals surface area contributed by atoms with Gasteiger partial charge in [0.25, 0.3) is 0 Å². The Hall–Kier alpha value is -1.36. The molecule has 1 rings (SSSR count). The minimum atomic E-state index is -0.897. The van der Waals surface area contributed by atoms with E-state index in [9.17, 15) is 13.6 Å². The molecular formula is C9H7F2NOS. The van der Waals surface area contributed by atoms with Crippen LogP contribution in [0.4, 0.5) is 8.78 Å². The van der Waals surface area contributed by atoms with Crippen LogP contribution in [0.1, 0.15) is 16.8 Å². The number of hydrogen-bond acceptors (Lipinski definition) is 2. The van der Waals surface area contributed by atoms with E-state index in [1.807, 2.05) is 0 Å². The van der Waals surface area contributed by atoms with E-state index in [1.54, 1.807) is 0 Å². The Kier molecular flexibility index (Phi) is 3.24. The van der Waals surface area contributed by atoms with E-state index in [4.69, 9.17) is 5.73 Å². The fraction of sp³-hybridized carbons (Fsp3) is 0.111. The monoisotopic (exact) mass is 215 g/mol. The van der Waals surface area contributed by atoms with Crippen LogP contribution in [-0.2, 0) is 0 Å². The van der Waals surface area contributed by atoms with Gasteiger partial charge >= 0.3 is 0 Å². The van der Waals surface area contributed by atoms with Crippen LogP contribution in [0.3, 0.4) is 0 Å². The van der Waals surface area contributed by atoms with Crippen molar-refractivity contribution in [2.75, 3.05) is 0 Å². The van der Waals surface area contributed by atoms with Crippen molar-refractivity contribution in [2.24, 2.45) is 5.73 Å². The molecule has 5 heteroatoms. The molecule has 0 aliphatic carbocycles. The summed E-state index contributed by atoms with van der Waals surface area (Å²) in [5.74, 6) is -2.17. The number of nitrogens with two attached hydrogens (primary N) is 1. The Morgan fingerprint density at radius 3 is 2.57 bits per heavy atom. The zero-order chi connectivity index (χ0) is 10.7. The lowest BCUT2D eigenvalue weighted by atomic mass is 10.1. The summed E-state index contributed by atoms with van der Waals surface area (Å²) in [7, 11) is 0. The summed E-state index contributed by atoms with van der Waals surface area (Å²) in [5, 5.41) is 0. The molecule has 0 saturated heterocycles. The molecule has 0 radical (unpaired) electrons. The van der Waals surface area contributed by atoms with Crippen molar-refractivity contribution in [3.8, 4) is 0 Å². The van der Waals surface area contributed by atoms with Crippen molar-refractivity contribution >= 4 is 23.0 Å². The third kappa shape index (κ3) is 2.56.